The van der Waals surface area contributed by atoms with Crippen LogP contribution in [0.25, 0.3) is 6.08 Å². The molecule has 0 radical (unpaired) electrons. The van der Waals surface area contributed by atoms with Crippen LogP contribution in [0.3, 0.4) is 0 Å². The molecule has 12 heteroatoms. The number of amides is 2. The van der Waals surface area contributed by atoms with Crippen molar-refractivity contribution in [2.75, 3.05) is 19.8 Å². The number of halogens is 1. The van der Waals surface area contributed by atoms with Crippen molar-refractivity contribution in [3.05, 3.63) is 41.2 Å². The summed E-state index contributed by atoms with van der Waals surface area (Å²) in [6.45, 7) is 3.17. The highest BCUT2D eigenvalue weighted by Gasteiger charge is 2.32. The Morgan fingerprint density at radius 2 is 1.97 bits per heavy atom. The molecule has 1 aliphatic carbocycles. The molecule has 0 aliphatic heterocycles. The van der Waals surface area contributed by atoms with Crippen LogP contribution in [0.2, 0.25) is 6.32 Å². The highest BCUT2D eigenvalue weighted by molar-refractivity contribution is 6.40. The van der Waals surface area contributed by atoms with Crippen LogP contribution in [-0.4, -0.2) is 81.1 Å². The normalized spacial score (nSPS) is 14.4. The second-order valence-corrected chi connectivity index (χ2v) is 10.2. The van der Waals surface area contributed by atoms with Crippen LogP contribution in [0, 0.1) is 5.92 Å². The summed E-state index contributed by atoms with van der Waals surface area (Å²) >= 11 is 0. The van der Waals surface area contributed by atoms with Gasteiger partial charge in [0.05, 0.1) is 6.67 Å². The molecule has 1 aliphatic rings. The molecule has 2 atom stereocenters. The number of rotatable bonds is 12. The van der Waals surface area contributed by atoms with Gasteiger partial charge in [-0.25, -0.2) is 4.79 Å². The molecule has 1 heterocycles. The number of aliphatic carboxylic acids is 1. The van der Waals surface area contributed by atoms with E-state index in [0.717, 1.165) is 21.7 Å². The molecular weight excluding hydrogens is 484 g/mol. The van der Waals surface area contributed by atoms with Gasteiger partial charge >= 0.3 is 19.2 Å². The minimum atomic E-state index is -1.64. The molecule has 0 saturated heterocycles. The number of allylic oxidation sites excluding steroid dienone is 3. The number of fused-ring (bicyclic) bond motifs is 1. The van der Waals surface area contributed by atoms with E-state index in [0.29, 0.717) is 6.42 Å². The van der Waals surface area contributed by atoms with E-state index in [1.54, 1.807) is 20.8 Å². The molecule has 0 spiro atoms. The van der Waals surface area contributed by atoms with Crippen molar-refractivity contribution in [3.63, 3.8) is 0 Å². The van der Waals surface area contributed by atoms with E-state index in [1.165, 1.54) is 0 Å². The van der Waals surface area contributed by atoms with Crippen LogP contribution in [0.5, 0.6) is 0 Å². The predicted octanol–water partition coefficient (Wildman–Crippen LogP) is 1.95. The minimum Gasteiger partial charge on any atom is -0.480 e. The summed E-state index contributed by atoms with van der Waals surface area (Å²) in [5.41, 5.74) is 1.86. The van der Waals surface area contributed by atoms with Crippen LogP contribution in [0.4, 0.5) is 9.18 Å². The van der Waals surface area contributed by atoms with Crippen molar-refractivity contribution in [2.45, 2.75) is 58.0 Å². The first-order valence-corrected chi connectivity index (χ1v) is 12.2. The second-order valence-electron chi connectivity index (χ2n) is 10.2. The van der Waals surface area contributed by atoms with E-state index in [-0.39, 0.29) is 25.7 Å². The van der Waals surface area contributed by atoms with Crippen LogP contribution in [0.1, 0.15) is 44.0 Å². The van der Waals surface area contributed by atoms with Crippen molar-refractivity contribution in [1.29, 1.82) is 0 Å². The third-order valence-electron chi connectivity index (χ3n) is 5.83. The fraction of sp³-hybridized carbons (Fsp3) is 0.560. The standard InChI is InChI=1S/C25H37BFN3O7/c1-25(2,3)37-24(34)28-20(12-18-15-29(4)21-9-7-5-6-8-19(18)21)23(33)30(16-22(31)32)14-17(13-27)10-11-26(35)36/h5-8,15,17,20,35-36H,9-14,16H2,1-4H3,(H,28,34)(H,31,32)/t17-,20+/m0/s1. The van der Waals surface area contributed by atoms with E-state index >= 15 is 0 Å². The van der Waals surface area contributed by atoms with E-state index < -0.39 is 55.9 Å². The molecule has 2 amide bonds. The first-order chi connectivity index (χ1) is 17.3. The Balaban J connectivity index is 2.37. The number of hydrogen-bond donors (Lipinski definition) is 4. The third-order valence-corrected chi connectivity index (χ3v) is 5.83. The maximum atomic E-state index is 13.7. The Bertz CT molecular complexity index is 1020. The van der Waals surface area contributed by atoms with Gasteiger partial charge < -0.3 is 34.7 Å². The lowest BCUT2D eigenvalue weighted by Gasteiger charge is -2.30. The fourth-order valence-corrected chi connectivity index (χ4v) is 4.19. The number of nitrogens with one attached hydrogen (secondary N) is 1. The average Bonchev–Trinajstić information content (AvgIpc) is 2.94. The number of alkyl halides is 1. The van der Waals surface area contributed by atoms with Gasteiger partial charge in [0.15, 0.2) is 0 Å². The number of nitrogens with zero attached hydrogens (tertiary/aromatic N) is 2. The average molecular weight is 521 g/mol. The molecule has 0 unspecified atom stereocenters. The third kappa shape index (κ3) is 9.69. The lowest BCUT2D eigenvalue weighted by molar-refractivity contribution is -0.145. The summed E-state index contributed by atoms with van der Waals surface area (Å²) in [6, 6.07) is -1.19. The molecule has 0 bridgehead atoms. The van der Waals surface area contributed by atoms with E-state index in [4.69, 9.17) is 14.8 Å². The highest BCUT2D eigenvalue weighted by Crippen LogP contribution is 2.24. The van der Waals surface area contributed by atoms with Gasteiger partial charge in [0.1, 0.15) is 18.2 Å². The van der Waals surface area contributed by atoms with E-state index in [9.17, 15) is 23.9 Å². The van der Waals surface area contributed by atoms with Gasteiger partial charge in [0, 0.05) is 44.2 Å². The maximum Gasteiger partial charge on any atom is 0.451 e. The molecule has 0 saturated carbocycles. The zero-order valence-corrected chi connectivity index (χ0v) is 21.8. The fourth-order valence-electron chi connectivity index (χ4n) is 4.19. The van der Waals surface area contributed by atoms with Crippen LogP contribution < -0.4 is 5.32 Å². The van der Waals surface area contributed by atoms with E-state index in [2.05, 4.69) is 5.32 Å². The van der Waals surface area contributed by atoms with Crippen LogP contribution >= 0.6 is 0 Å². The Kier molecular flexibility index (Phi) is 10.9. The van der Waals surface area contributed by atoms with Gasteiger partial charge in [-0.1, -0.05) is 24.3 Å². The number of alkyl carbamates (subject to hydrolysis) is 1. The predicted molar refractivity (Wildman–Crippen MR) is 137 cm³/mol. The smallest absolute Gasteiger partial charge is 0.451 e. The van der Waals surface area contributed by atoms with Crippen LogP contribution in [0.15, 0.2) is 24.4 Å². The van der Waals surface area contributed by atoms with Crippen molar-refractivity contribution in [1.82, 2.24) is 14.8 Å². The number of aryl methyl sites for hydroxylation is 1. The van der Waals surface area contributed by atoms with Gasteiger partial charge in [0.2, 0.25) is 5.91 Å². The largest absolute Gasteiger partial charge is 0.480 e. The SMILES string of the molecule is Cn1cc(C[C@@H](NC(=O)OC(C)(C)C)C(=O)N(CC(=O)O)C[C@H](CF)CCB(O)O)c2c1CC=CC=C2. The van der Waals surface area contributed by atoms with Crippen molar-refractivity contribution >= 4 is 31.2 Å². The molecule has 0 aromatic carbocycles. The Morgan fingerprint density at radius 3 is 2.57 bits per heavy atom. The molecule has 37 heavy (non-hydrogen) atoms. The number of ether oxygens (including phenoxy) is 1. The van der Waals surface area contributed by atoms with Crippen molar-refractivity contribution < 1.29 is 38.7 Å². The minimum absolute atomic E-state index is 0.0334. The first-order valence-electron chi connectivity index (χ1n) is 12.2. The van der Waals surface area contributed by atoms with Gasteiger partial charge in [-0.15, -0.1) is 0 Å². The van der Waals surface area contributed by atoms with Crippen molar-refractivity contribution in [2.24, 2.45) is 13.0 Å². The summed E-state index contributed by atoms with van der Waals surface area (Å²) < 4.78 is 21.0. The second kappa shape index (κ2) is 13.4. The molecule has 204 valence electrons. The summed E-state index contributed by atoms with van der Waals surface area (Å²) in [4.78, 5) is 38.9. The zero-order chi connectivity index (χ0) is 27.8. The molecule has 10 nitrogen and oxygen atoms in total. The monoisotopic (exact) mass is 521 g/mol. The summed E-state index contributed by atoms with van der Waals surface area (Å²) in [6.07, 6.45) is 9.37. The van der Waals surface area contributed by atoms with Crippen molar-refractivity contribution in [3.8, 4) is 0 Å². The number of carboxylic acid groups (broad SMARTS) is 1. The maximum absolute atomic E-state index is 13.7. The number of carbonyl (C=O) groups excluding carboxylic acids is 2. The summed E-state index contributed by atoms with van der Waals surface area (Å²) in [5.74, 6) is -2.81. The highest BCUT2D eigenvalue weighted by atomic mass is 19.1. The lowest BCUT2D eigenvalue weighted by atomic mass is 9.81. The Morgan fingerprint density at radius 1 is 1.27 bits per heavy atom. The summed E-state index contributed by atoms with van der Waals surface area (Å²) in [5, 5.41) is 30.3. The lowest BCUT2D eigenvalue weighted by Crippen LogP contribution is -2.53. The summed E-state index contributed by atoms with van der Waals surface area (Å²) in [7, 11) is 0.237. The molecule has 1 aromatic heterocycles. The Labute approximate surface area is 216 Å². The first kappa shape index (κ1) is 30.1. The number of aromatic nitrogens is 1. The van der Waals surface area contributed by atoms with Crippen LogP contribution in [-0.2, 0) is 34.2 Å². The number of carboxylic acids is 1. The van der Waals surface area contributed by atoms with Gasteiger partial charge in [0.25, 0.3) is 0 Å². The van der Waals surface area contributed by atoms with Gasteiger partial charge in [-0.2, -0.15) is 0 Å². The van der Waals surface area contributed by atoms with Gasteiger partial charge in [-0.3, -0.25) is 14.0 Å². The number of carbonyl (C=O) groups is 3. The van der Waals surface area contributed by atoms with E-state index in [1.807, 2.05) is 42.1 Å². The topological polar surface area (TPSA) is 141 Å². The molecule has 1 aromatic rings. The zero-order valence-electron chi connectivity index (χ0n) is 21.8. The molecule has 4 N–H and O–H groups in total. The Hall–Kier alpha value is -3.12. The quantitative estimate of drug-likeness (QED) is 0.308. The molecule has 0 fully saturated rings. The molecule has 2 rings (SSSR count). The number of hydrogen-bond acceptors (Lipinski definition) is 6. The van der Waals surface area contributed by atoms with Gasteiger partial charge in [-0.05, 0) is 44.6 Å². The molecular formula is C25H37BFN3O7.